The Morgan fingerprint density at radius 2 is 1.87 bits per heavy atom. The van der Waals surface area contributed by atoms with Crippen LogP contribution in [0.5, 0.6) is 0 Å². The number of aromatic nitrogens is 1. The summed E-state index contributed by atoms with van der Waals surface area (Å²) in [6, 6.07) is 6.69. The molecule has 3 rings (SSSR count). The van der Waals surface area contributed by atoms with Gasteiger partial charge in [-0.25, -0.2) is 19.5 Å². The van der Waals surface area contributed by atoms with Crippen LogP contribution in [0.1, 0.15) is 29.9 Å². The molecule has 1 aromatic carbocycles. The molecule has 0 aliphatic carbocycles. The van der Waals surface area contributed by atoms with E-state index < -0.39 is 29.5 Å². The first-order valence-corrected chi connectivity index (χ1v) is 10.0. The van der Waals surface area contributed by atoms with E-state index in [0.29, 0.717) is 5.56 Å². The van der Waals surface area contributed by atoms with Gasteiger partial charge in [0.15, 0.2) is 0 Å². The van der Waals surface area contributed by atoms with E-state index in [0.717, 1.165) is 4.90 Å². The molecule has 0 bridgehead atoms. The fraction of sp³-hybridized carbons (Fsp3) is 0.300. The molecule has 2 heterocycles. The molecule has 1 aromatic heterocycles. The minimum Gasteiger partial charge on any atom is -0.461 e. The zero-order valence-corrected chi connectivity index (χ0v) is 17.4. The quantitative estimate of drug-likeness (QED) is 0.370. The van der Waals surface area contributed by atoms with Gasteiger partial charge >= 0.3 is 17.5 Å². The van der Waals surface area contributed by atoms with Gasteiger partial charge in [0, 0.05) is 17.6 Å². The number of halogens is 3. The molecule has 0 saturated carbocycles. The fourth-order valence-electron chi connectivity index (χ4n) is 3.03. The van der Waals surface area contributed by atoms with Crippen LogP contribution in [0.3, 0.4) is 0 Å². The third-order valence-electron chi connectivity index (χ3n) is 4.47. The number of thioether (sulfide) groups is 1. The summed E-state index contributed by atoms with van der Waals surface area (Å²) in [4.78, 5) is 43.6. The van der Waals surface area contributed by atoms with Gasteiger partial charge in [0.25, 0.3) is 5.91 Å². The number of anilines is 1. The number of alkyl halides is 3. The number of hydrogen-bond acceptors (Lipinski definition) is 6. The van der Waals surface area contributed by atoms with E-state index in [1.54, 1.807) is 19.9 Å². The molecule has 3 amide bonds. The highest BCUT2D eigenvalue weighted by Crippen LogP contribution is 2.38. The van der Waals surface area contributed by atoms with Crippen molar-refractivity contribution in [2.24, 2.45) is 0 Å². The molecule has 0 spiro atoms. The zero-order chi connectivity index (χ0) is 22.8. The second-order valence-electron chi connectivity index (χ2n) is 6.57. The largest absolute Gasteiger partial charge is 0.461 e. The van der Waals surface area contributed by atoms with Gasteiger partial charge < -0.3 is 9.64 Å². The van der Waals surface area contributed by atoms with Gasteiger partial charge in [-0.1, -0.05) is 0 Å². The maximum atomic E-state index is 12.9. The van der Waals surface area contributed by atoms with Gasteiger partial charge in [-0.2, -0.15) is 13.2 Å². The molecular formula is C20H18F3N3O4S. The average Bonchev–Trinajstić information content (AvgIpc) is 2.91. The fourth-order valence-corrected chi connectivity index (χ4v) is 3.57. The number of pyridine rings is 1. The molecule has 1 aliphatic heterocycles. The number of carbonyl (C=O) groups excluding carboxylic acids is 3. The summed E-state index contributed by atoms with van der Waals surface area (Å²) in [7, 11) is 0. The SMILES string of the molecule is CCOC(=O)c1cc(CN2C(=O)N(c3ccc(SC(F)(F)F)cc3)C(=O)C2C)ccn1. The van der Waals surface area contributed by atoms with Crippen LogP contribution in [0.4, 0.5) is 23.7 Å². The molecule has 31 heavy (non-hydrogen) atoms. The number of esters is 1. The van der Waals surface area contributed by atoms with Crippen molar-refractivity contribution in [2.75, 3.05) is 11.5 Å². The highest BCUT2D eigenvalue weighted by molar-refractivity contribution is 8.00. The van der Waals surface area contributed by atoms with E-state index in [9.17, 15) is 27.6 Å². The molecule has 2 aromatic rings. The van der Waals surface area contributed by atoms with E-state index in [4.69, 9.17) is 4.74 Å². The summed E-state index contributed by atoms with van der Waals surface area (Å²) in [6.07, 6.45) is 1.41. The van der Waals surface area contributed by atoms with Crippen LogP contribution < -0.4 is 4.90 Å². The Morgan fingerprint density at radius 1 is 1.19 bits per heavy atom. The Labute approximate surface area is 180 Å². The Kier molecular flexibility index (Phi) is 6.54. The van der Waals surface area contributed by atoms with E-state index in [1.165, 1.54) is 41.4 Å². The normalized spacial score (nSPS) is 16.7. The predicted molar refractivity (Wildman–Crippen MR) is 106 cm³/mol. The number of hydrogen-bond donors (Lipinski definition) is 0. The number of amides is 3. The van der Waals surface area contributed by atoms with Crippen molar-refractivity contribution in [3.63, 3.8) is 0 Å². The number of rotatable bonds is 6. The molecule has 1 saturated heterocycles. The van der Waals surface area contributed by atoms with E-state index in [2.05, 4.69) is 4.98 Å². The molecule has 0 N–H and O–H groups in total. The lowest BCUT2D eigenvalue weighted by atomic mass is 10.2. The Balaban J connectivity index is 1.78. The van der Waals surface area contributed by atoms with E-state index in [-0.39, 0.29) is 41.2 Å². The Bertz CT molecular complexity index is 998. The topological polar surface area (TPSA) is 79.8 Å². The smallest absolute Gasteiger partial charge is 0.446 e. The summed E-state index contributed by atoms with van der Waals surface area (Å²) < 4.78 is 42.4. The first-order chi connectivity index (χ1) is 14.6. The lowest BCUT2D eigenvalue weighted by molar-refractivity contribution is -0.119. The average molecular weight is 453 g/mol. The lowest BCUT2D eigenvalue weighted by Crippen LogP contribution is -2.33. The van der Waals surface area contributed by atoms with Crippen molar-refractivity contribution in [1.82, 2.24) is 9.88 Å². The molecular weight excluding hydrogens is 435 g/mol. The summed E-state index contributed by atoms with van der Waals surface area (Å²) in [5.41, 5.74) is -3.60. The summed E-state index contributed by atoms with van der Waals surface area (Å²) in [5, 5.41) is 0. The van der Waals surface area contributed by atoms with Gasteiger partial charge in [-0.3, -0.25) is 4.79 Å². The van der Waals surface area contributed by atoms with E-state index >= 15 is 0 Å². The minimum atomic E-state index is -4.43. The maximum absolute atomic E-state index is 12.9. The second kappa shape index (κ2) is 8.96. The van der Waals surface area contributed by atoms with Crippen LogP contribution in [0.2, 0.25) is 0 Å². The zero-order valence-electron chi connectivity index (χ0n) is 16.5. The molecule has 1 fully saturated rings. The summed E-state index contributed by atoms with van der Waals surface area (Å²) >= 11 is -0.279. The van der Waals surface area contributed by atoms with Gasteiger partial charge in [-0.05, 0) is 67.6 Å². The van der Waals surface area contributed by atoms with Crippen molar-refractivity contribution < 1.29 is 32.3 Å². The van der Waals surface area contributed by atoms with Crippen LogP contribution in [0.15, 0.2) is 47.5 Å². The first kappa shape index (κ1) is 22.6. The van der Waals surface area contributed by atoms with Crippen molar-refractivity contribution >= 4 is 35.4 Å². The summed E-state index contributed by atoms with van der Waals surface area (Å²) in [6.45, 7) is 3.46. The molecule has 0 radical (unpaired) electrons. The van der Waals surface area contributed by atoms with Crippen molar-refractivity contribution in [3.8, 4) is 0 Å². The van der Waals surface area contributed by atoms with Crippen LogP contribution in [-0.2, 0) is 16.1 Å². The number of imide groups is 1. The first-order valence-electron chi connectivity index (χ1n) is 9.23. The van der Waals surface area contributed by atoms with Crippen LogP contribution in [-0.4, -0.2) is 45.9 Å². The Morgan fingerprint density at radius 3 is 2.48 bits per heavy atom. The minimum absolute atomic E-state index is 0.0408. The van der Waals surface area contributed by atoms with Gasteiger partial charge in [0.2, 0.25) is 0 Å². The molecule has 1 unspecified atom stereocenters. The highest BCUT2D eigenvalue weighted by atomic mass is 32.2. The van der Waals surface area contributed by atoms with Crippen molar-refractivity contribution in [2.45, 2.75) is 36.8 Å². The predicted octanol–water partition coefficient (Wildman–Crippen LogP) is 4.23. The number of ether oxygens (including phenoxy) is 1. The maximum Gasteiger partial charge on any atom is 0.446 e. The number of benzene rings is 1. The second-order valence-corrected chi connectivity index (χ2v) is 7.71. The molecule has 1 atom stereocenters. The number of carbonyl (C=O) groups is 3. The van der Waals surface area contributed by atoms with Crippen LogP contribution in [0, 0.1) is 0 Å². The standard InChI is InChI=1S/C20H18F3N3O4S/c1-3-30-18(28)16-10-13(8-9-24-16)11-25-12(2)17(27)26(19(25)29)14-4-6-15(7-5-14)31-20(21,22)23/h4-10,12H,3,11H2,1-2H3. The van der Waals surface area contributed by atoms with Crippen LogP contribution >= 0.6 is 11.8 Å². The van der Waals surface area contributed by atoms with Gasteiger partial charge in [0.05, 0.1) is 12.3 Å². The monoisotopic (exact) mass is 453 g/mol. The third kappa shape index (κ3) is 5.16. The third-order valence-corrected chi connectivity index (χ3v) is 5.21. The van der Waals surface area contributed by atoms with Gasteiger partial charge in [0.1, 0.15) is 11.7 Å². The highest BCUT2D eigenvalue weighted by Gasteiger charge is 2.43. The number of nitrogens with zero attached hydrogens (tertiary/aromatic N) is 3. The van der Waals surface area contributed by atoms with Crippen molar-refractivity contribution in [3.05, 3.63) is 53.9 Å². The summed E-state index contributed by atoms with van der Waals surface area (Å²) in [5.74, 6) is -1.10. The van der Waals surface area contributed by atoms with Gasteiger partial charge in [-0.15, -0.1) is 0 Å². The molecule has 1 aliphatic rings. The Hall–Kier alpha value is -3.08. The molecule has 7 nitrogen and oxygen atoms in total. The van der Waals surface area contributed by atoms with Crippen LogP contribution in [0.25, 0.3) is 0 Å². The van der Waals surface area contributed by atoms with Crippen molar-refractivity contribution in [1.29, 1.82) is 0 Å². The molecule has 11 heteroatoms. The lowest BCUT2D eigenvalue weighted by Gasteiger charge is -2.19. The molecule has 164 valence electrons. The number of urea groups is 1. The van der Waals surface area contributed by atoms with E-state index in [1.807, 2.05) is 0 Å².